The van der Waals surface area contributed by atoms with Gasteiger partial charge in [0.25, 0.3) is 5.91 Å². The van der Waals surface area contributed by atoms with Crippen LogP contribution in [-0.4, -0.2) is 44.2 Å². The van der Waals surface area contributed by atoms with Crippen LogP contribution in [0.1, 0.15) is 34.3 Å². The van der Waals surface area contributed by atoms with Crippen molar-refractivity contribution in [3.63, 3.8) is 0 Å². The Bertz CT molecular complexity index is 1270. The topological polar surface area (TPSA) is 63.2 Å². The Morgan fingerprint density at radius 1 is 0.973 bits per heavy atom. The number of hydrogen-bond acceptors (Lipinski definition) is 3. The second-order valence-electron chi connectivity index (χ2n) is 7.96. The first-order valence-electron chi connectivity index (χ1n) is 10.1. The second kappa shape index (κ2) is 12.0. The maximum atomic E-state index is 13.7. The first-order valence-corrected chi connectivity index (χ1v) is 13.4. The van der Waals surface area contributed by atoms with E-state index in [9.17, 15) is 39.6 Å². The summed E-state index contributed by atoms with van der Waals surface area (Å²) in [5, 5.41) is 1.63. The maximum Gasteiger partial charge on any atom is 0.402 e. The van der Waals surface area contributed by atoms with Crippen molar-refractivity contribution in [2.75, 3.05) is 11.5 Å². The third-order valence-corrected chi connectivity index (χ3v) is 7.99. The van der Waals surface area contributed by atoms with Gasteiger partial charge in [-0.1, -0.05) is 64.6 Å². The van der Waals surface area contributed by atoms with Crippen molar-refractivity contribution in [2.24, 2.45) is 0 Å². The molecule has 0 aromatic heterocycles. The zero-order valence-electron chi connectivity index (χ0n) is 18.5. The molecule has 2 unspecified atom stereocenters. The van der Waals surface area contributed by atoms with Gasteiger partial charge in [0, 0.05) is 6.04 Å². The smallest absolute Gasteiger partial charge is 0.349 e. The lowest BCUT2D eigenvalue weighted by molar-refractivity contribution is -0.139. The number of benzene rings is 2. The Kier molecular flexibility index (Phi) is 10.3. The number of sulfone groups is 1. The number of alkyl halides is 6. The van der Waals surface area contributed by atoms with Crippen LogP contribution in [0.3, 0.4) is 0 Å². The van der Waals surface area contributed by atoms with Crippen LogP contribution in [0, 0.1) is 0 Å². The van der Waals surface area contributed by atoms with Crippen LogP contribution in [0.4, 0.5) is 26.3 Å². The molecule has 1 amide bonds. The molecule has 0 aliphatic rings. The number of nitrogens with one attached hydrogen (secondary N) is 1. The molecule has 15 heteroatoms. The molecule has 2 atom stereocenters. The zero-order chi connectivity index (χ0) is 28.3. The van der Waals surface area contributed by atoms with Gasteiger partial charge in [-0.25, -0.2) is 8.42 Å². The quantitative estimate of drug-likeness (QED) is 0.240. The van der Waals surface area contributed by atoms with Crippen LogP contribution in [0.2, 0.25) is 20.1 Å². The normalized spacial score (nSPS) is 14.6. The molecule has 0 aliphatic carbocycles. The summed E-state index contributed by atoms with van der Waals surface area (Å²) in [5.74, 6) is -5.99. The molecule has 0 bridgehead atoms. The molecular weight excluding hydrogens is 614 g/mol. The summed E-state index contributed by atoms with van der Waals surface area (Å²) < 4.78 is 101. The molecule has 0 heterocycles. The van der Waals surface area contributed by atoms with E-state index in [1.165, 1.54) is 25.1 Å². The lowest BCUT2D eigenvalue weighted by atomic mass is 9.97. The van der Waals surface area contributed by atoms with Crippen LogP contribution in [-0.2, 0) is 9.84 Å². The number of halogens is 10. The highest BCUT2D eigenvalue weighted by Crippen LogP contribution is 2.41. The fourth-order valence-electron chi connectivity index (χ4n) is 3.22. The fraction of sp³-hybridized carbons (Fsp3) is 0.318. The van der Waals surface area contributed by atoms with Crippen molar-refractivity contribution in [1.82, 2.24) is 5.32 Å². The average Bonchev–Trinajstić information content (AvgIpc) is 2.68. The summed E-state index contributed by atoms with van der Waals surface area (Å²) in [6.45, 7) is 1.20. The monoisotopic (exact) mass is 629 g/mol. The molecule has 2 aromatic carbocycles. The van der Waals surface area contributed by atoms with Crippen molar-refractivity contribution < 1.29 is 39.6 Å². The van der Waals surface area contributed by atoms with E-state index < -0.39 is 51.6 Å². The molecule has 0 fully saturated rings. The van der Waals surface area contributed by atoms with Crippen LogP contribution < -0.4 is 5.32 Å². The van der Waals surface area contributed by atoms with Crippen molar-refractivity contribution >= 4 is 68.2 Å². The lowest BCUT2D eigenvalue weighted by Crippen LogP contribution is -2.39. The van der Waals surface area contributed by atoms with Gasteiger partial charge in [0.1, 0.15) is 5.75 Å². The largest absolute Gasteiger partial charge is 0.402 e. The van der Waals surface area contributed by atoms with Crippen LogP contribution >= 0.6 is 46.4 Å². The van der Waals surface area contributed by atoms with Crippen LogP contribution in [0.15, 0.2) is 36.4 Å². The predicted octanol–water partition coefficient (Wildman–Crippen LogP) is 7.75. The number of carbonyl (C=O) groups is 1. The SMILES string of the molecule is CC(CS(=O)(=O)CC(F)(F)F)NC(=O)c1ccc(/C=C/C(c2cc(Cl)c(Cl)c(Cl)c2)C(F)(F)F)cc1Cl. The Balaban J connectivity index is 2.21. The van der Waals surface area contributed by atoms with Gasteiger partial charge in [0.05, 0.1) is 37.3 Å². The van der Waals surface area contributed by atoms with Crippen LogP contribution in [0.25, 0.3) is 6.08 Å². The molecule has 4 nitrogen and oxygen atoms in total. The standard InChI is InChI=1S/C22H17Cl4F6NO3S/c1-11(9-37(35,36)10-21(27,28)29)33-20(34)14-4-2-12(6-16(14)23)3-5-15(22(30,31)32)13-7-17(24)19(26)18(25)8-13/h2-8,11,15H,9-10H2,1H3,(H,33,34)/b5-3+. The van der Waals surface area contributed by atoms with Gasteiger partial charge in [0.2, 0.25) is 0 Å². The number of rotatable bonds is 8. The van der Waals surface area contributed by atoms with Crippen LogP contribution in [0.5, 0.6) is 0 Å². The molecule has 1 N–H and O–H groups in total. The van der Waals surface area contributed by atoms with E-state index >= 15 is 0 Å². The highest BCUT2D eigenvalue weighted by atomic mass is 35.5. The lowest BCUT2D eigenvalue weighted by Gasteiger charge is -2.18. The molecule has 0 aliphatic heterocycles. The van der Waals surface area contributed by atoms with Gasteiger partial charge in [-0.2, -0.15) is 26.3 Å². The van der Waals surface area contributed by atoms with E-state index in [1.807, 2.05) is 0 Å². The summed E-state index contributed by atoms with van der Waals surface area (Å²) in [6, 6.07) is 4.53. The Morgan fingerprint density at radius 2 is 1.54 bits per heavy atom. The number of hydrogen-bond donors (Lipinski definition) is 1. The Hall–Kier alpha value is -1.66. The summed E-state index contributed by atoms with van der Waals surface area (Å²) in [5.41, 5.74) is -0.245. The van der Waals surface area contributed by atoms with E-state index in [1.54, 1.807) is 0 Å². The van der Waals surface area contributed by atoms with Gasteiger partial charge in [-0.05, 0) is 42.3 Å². The predicted molar refractivity (Wildman–Crippen MR) is 132 cm³/mol. The number of allylic oxidation sites excluding steroid dienone is 1. The molecular formula is C22H17Cl4F6NO3S. The van der Waals surface area contributed by atoms with Gasteiger partial charge in [-0.3, -0.25) is 4.79 Å². The van der Waals surface area contributed by atoms with Gasteiger partial charge in [0.15, 0.2) is 9.84 Å². The van der Waals surface area contributed by atoms with E-state index in [2.05, 4.69) is 5.32 Å². The van der Waals surface area contributed by atoms with E-state index in [4.69, 9.17) is 46.4 Å². The minimum absolute atomic E-state index is 0.0927. The molecule has 2 aromatic rings. The Labute approximate surface area is 228 Å². The molecule has 204 valence electrons. The van der Waals surface area contributed by atoms with Gasteiger partial charge < -0.3 is 5.32 Å². The summed E-state index contributed by atoms with van der Waals surface area (Å²) in [4.78, 5) is 12.4. The summed E-state index contributed by atoms with van der Waals surface area (Å²) >= 11 is 23.6. The van der Waals surface area contributed by atoms with E-state index in [0.717, 1.165) is 24.3 Å². The molecule has 0 saturated carbocycles. The highest BCUT2D eigenvalue weighted by molar-refractivity contribution is 7.91. The fourth-order valence-corrected chi connectivity index (χ4v) is 5.57. The third kappa shape index (κ3) is 9.55. The highest BCUT2D eigenvalue weighted by Gasteiger charge is 2.39. The maximum absolute atomic E-state index is 13.7. The molecule has 2 rings (SSSR count). The van der Waals surface area contributed by atoms with Crippen molar-refractivity contribution in [1.29, 1.82) is 0 Å². The van der Waals surface area contributed by atoms with Gasteiger partial charge >= 0.3 is 12.4 Å². The second-order valence-corrected chi connectivity index (χ2v) is 11.7. The summed E-state index contributed by atoms with van der Waals surface area (Å²) in [7, 11) is -4.54. The van der Waals surface area contributed by atoms with Crippen molar-refractivity contribution in [3.8, 4) is 0 Å². The van der Waals surface area contributed by atoms with E-state index in [0.29, 0.717) is 0 Å². The third-order valence-electron chi connectivity index (χ3n) is 4.70. The molecule has 0 saturated heterocycles. The van der Waals surface area contributed by atoms with Crippen molar-refractivity contribution in [2.45, 2.75) is 31.2 Å². The zero-order valence-corrected chi connectivity index (χ0v) is 22.4. The van der Waals surface area contributed by atoms with E-state index in [-0.39, 0.29) is 36.8 Å². The first kappa shape index (κ1) is 31.6. The minimum Gasteiger partial charge on any atom is -0.349 e. The minimum atomic E-state index is -4.92. The first-order chi connectivity index (χ1) is 16.8. The summed E-state index contributed by atoms with van der Waals surface area (Å²) in [6.07, 6.45) is -7.71. The van der Waals surface area contributed by atoms with Crippen molar-refractivity contribution in [3.05, 3.63) is 73.2 Å². The number of amides is 1. The number of carbonyl (C=O) groups excluding carboxylic acids is 1. The van der Waals surface area contributed by atoms with Gasteiger partial charge in [-0.15, -0.1) is 0 Å². The average molecular weight is 631 g/mol. The Morgan fingerprint density at radius 3 is 2.03 bits per heavy atom. The molecule has 0 spiro atoms. The molecule has 37 heavy (non-hydrogen) atoms. The molecule has 0 radical (unpaired) electrons.